The highest BCUT2D eigenvalue weighted by atomic mass is 32.1. The number of rotatable bonds is 8. The first-order valence-corrected chi connectivity index (χ1v) is 20.0. The van der Waals surface area contributed by atoms with Gasteiger partial charge in [-0.2, -0.15) is 0 Å². The molecule has 1 aromatic heterocycles. The van der Waals surface area contributed by atoms with Gasteiger partial charge < -0.3 is 10.6 Å². The summed E-state index contributed by atoms with van der Waals surface area (Å²) in [5.74, 6) is 3.52. The molecular formula is C46H63BN2S. The van der Waals surface area contributed by atoms with E-state index in [1.165, 1.54) is 68.4 Å². The number of fused-ring (bicyclic) bond motifs is 3. The van der Waals surface area contributed by atoms with E-state index >= 15 is 0 Å². The topological polar surface area (TPSA) is 24.1 Å². The molecular weight excluding hydrogens is 623 g/mol. The number of hydrogen-bond donors (Lipinski definition) is 2. The van der Waals surface area contributed by atoms with Crippen LogP contribution in [0.4, 0.5) is 5.69 Å². The van der Waals surface area contributed by atoms with Crippen LogP contribution in [0.2, 0.25) is 0 Å². The second kappa shape index (κ2) is 13.2. The number of nitrogens with one attached hydrogen (secondary N) is 2. The van der Waals surface area contributed by atoms with Crippen LogP contribution in [0.15, 0.2) is 90.1 Å². The Balaban J connectivity index is 1.36. The van der Waals surface area contributed by atoms with Gasteiger partial charge in [-0.05, 0) is 141 Å². The molecule has 266 valence electrons. The molecule has 2 aromatic carbocycles. The molecule has 2 N–H and O–H groups in total. The lowest BCUT2D eigenvalue weighted by molar-refractivity contribution is 0.0324. The van der Waals surface area contributed by atoms with E-state index in [0.717, 1.165) is 12.2 Å². The Hall–Kier alpha value is -2.98. The van der Waals surface area contributed by atoms with E-state index < -0.39 is 0 Å². The van der Waals surface area contributed by atoms with Crippen molar-refractivity contribution in [3.8, 4) is 0 Å². The summed E-state index contributed by atoms with van der Waals surface area (Å²) in [4.78, 5) is 0. The molecule has 0 aliphatic heterocycles. The quantitative estimate of drug-likeness (QED) is 0.231. The third-order valence-electron chi connectivity index (χ3n) is 12.7. The maximum absolute atomic E-state index is 3.93. The minimum absolute atomic E-state index is 0.133. The summed E-state index contributed by atoms with van der Waals surface area (Å²) in [6, 6.07) is 16.5. The van der Waals surface area contributed by atoms with Crippen LogP contribution in [-0.4, -0.2) is 13.3 Å². The Kier molecular flexibility index (Phi) is 9.73. The molecule has 6 rings (SSSR count). The molecule has 0 saturated heterocycles. The Morgan fingerprint density at radius 2 is 1.46 bits per heavy atom. The van der Waals surface area contributed by atoms with Gasteiger partial charge in [0, 0.05) is 22.6 Å². The Bertz CT molecular complexity index is 1780. The molecule has 3 aliphatic carbocycles. The number of hydrogen-bond acceptors (Lipinski definition) is 3. The van der Waals surface area contributed by atoms with E-state index in [4.69, 9.17) is 0 Å². The molecule has 1 heterocycles. The third kappa shape index (κ3) is 7.34. The first-order chi connectivity index (χ1) is 23.3. The molecule has 0 amide bonds. The highest BCUT2D eigenvalue weighted by Gasteiger charge is 2.46. The van der Waals surface area contributed by atoms with Crippen LogP contribution >= 0.6 is 11.3 Å². The van der Waals surface area contributed by atoms with Gasteiger partial charge in [0.15, 0.2) is 0 Å². The predicted octanol–water partition coefficient (Wildman–Crippen LogP) is 12.0. The first kappa shape index (κ1) is 36.8. The van der Waals surface area contributed by atoms with Crippen LogP contribution in [0.3, 0.4) is 0 Å². The third-order valence-corrected chi connectivity index (χ3v) is 13.9. The van der Waals surface area contributed by atoms with Gasteiger partial charge in [-0.25, -0.2) is 0 Å². The average molecular weight is 687 g/mol. The van der Waals surface area contributed by atoms with Gasteiger partial charge in [0.25, 0.3) is 0 Å². The second-order valence-electron chi connectivity index (χ2n) is 19.4. The number of benzene rings is 2. The van der Waals surface area contributed by atoms with Crippen molar-refractivity contribution < 1.29 is 0 Å². The van der Waals surface area contributed by atoms with Gasteiger partial charge in [0.1, 0.15) is 0 Å². The van der Waals surface area contributed by atoms with Crippen molar-refractivity contribution in [1.29, 1.82) is 0 Å². The fourth-order valence-corrected chi connectivity index (χ4v) is 10.0. The maximum atomic E-state index is 3.93. The van der Waals surface area contributed by atoms with Gasteiger partial charge in [-0.3, -0.25) is 0 Å². The number of anilines is 1. The van der Waals surface area contributed by atoms with Crippen LogP contribution in [0.5, 0.6) is 0 Å². The van der Waals surface area contributed by atoms with Gasteiger partial charge in [0.05, 0.1) is 0 Å². The van der Waals surface area contributed by atoms with Crippen molar-refractivity contribution >= 4 is 38.6 Å². The van der Waals surface area contributed by atoms with E-state index in [9.17, 15) is 0 Å². The summed E-state index contributed by atoms with van der Waals surface area (Å²) in [5.41, 5.74) is 9.30. The fraction of sp³-hybridized carbons (Fsp3) is 0.522. The summed E-state index contributed by atoms with van der Waals surface area (Å²) in [6.07, 6.45) is 17.0. The van der Waals surface area contributed by atoms with E-state index in [0.29, 0.717) is 22.7 Å². The van der Waals surface area contributed by atoms with E-state index in [-0.39, 0.29) is 23.0 Å². The molecule has 1 saturated carbocycles. The lowest BCUT2D eigenvalue weighted by atomic mass is 9.43. The Labute approximate surface area is 309 Å². The smallest absolute Gasteiger partial charge is 0.245 e. The molecule has 2 atom stereocenters. The minimum atomic E-state index is 0.133. The molecule has 0 radical (unpaired) electrons. The van der Waals surface area contributed by atoms with Gasteiger partial charge in [-0.1, -0.05) is 112 Å². The van der Waals surface area contributed by atoms with Crippen molar-refractivity contribution in [3.05, 3.63) is 107 Å². The van der Waals surface area contributed by atoms with E-state index in [1.54, 1.807) is 0 Å². The lowest BCUT2D eigenvalue weighted by Gasteiger charge is -2.51. The molecule has 2 nitrogen and oxygen atoms in total. The fourth-order valence-electron chi connectivity index (χ4n) is 8.80. The molecule has 3 aromatic rings. The molecule has 0 bridgehead atoms. The molecule has 2 unspecified atom stereocenters. The van der Waals surface area contributed by atoms with Crippen LogP contribution in [0.1, 0.15) is 125 Å². The highest BCUT2D eigenvalue weighted by molar-refractivity contribution is 7.30. The number of allylic oxidation sites excluding steroid dienone is 4. The second-order valence-corrected chi connectivity index (χ2v) is 20.5. The largest absolute Gasteiger partial charge is 0.382 e. The van der Waals surface area contributed by atoms with Gasteiger partial charge >= 0.3 is 0 Å². The molecule has 1 fully saturated rings. The van der Waals surface area contributed by atoms with Crippen LogP contribution in [-0.2, 0) is 16.2 Å². The first-order valence-electron chi connectivity index (χ1n) is 19.2. The highest BCUT2D eigenvalue weighted by Crippen LogP contribution is 2.55. The zero-order valence-electron chi connectivity index (χ0n) is 33.2. The minimum Gasteiger partial charge on any atom is -0.382 e. The molecule has 3 aliphatic rings. The standard InChI is InChI=1S/C46H63BN2S/c1-13-24-47(41-26-31-25-37-39(28-40(31)50-41)46(11,12)23-22-44(37,7)8)33(29-48-34-16-14-32(15-17-34)42(2,3)4)30-49-35-18-19-36-38(27-35)45(9,10)21-20-43(36,5)6/h13-19,24-29,36,38,48-49H,20-23,30H2,1-12H3/b24-13+,33-29-. The van der Waals surface area contributed by atoms with Crippen LogP contribution in [0.25, 0.3) is 10.1 Å². The lowest BCUT2D eigenvalue weighted by Crippen LogP contribution is -2.44. The number of thiophene rings is 1. The summed E-state index contributed by atoms with van der Waals surface area (Å²) >= 11 is 1.97. The molecule has 0 spiro atoms. The van der Waals surface area contributed by atoms with E-state index in [2.05, 4.69) is 173 Å². The SMILES string of the molecule is C/C=C/B(/C(=C\Nc1ccc(C(C)(C)C)cc1)CNC1=CC2C(C=C1)C(C)(C)CCC2(C)C)c1cc2cc3c(cc2s1)C(C)(C)CCC3(C)C. The van der Waals surface area contributed by atoms with Crippen LogP contribution < -0.4 is 15.4 Å². The van der Waals surface area contributed by atoms with Crippen LogP contribution in [0, 0.1) is 22.7 Å². The van der Waals surface area contributed by atoms with Crippen molar-refractivity contribution in [1.82, 2.24) is 5.32 Å². The van der Waals surface area contributed by atoms with Crippen molar-refractivity contribution in [2.24, 2.45) is 22.7 Å². The van der Waals surface area contributed by atoms with Gasteiger partial charge in [-0.15, -0.1) is 17.3 Å². The Morgan fingerprint density at radius 3 is 2.08 bits per heavy atom. The summed E-state index contributed by atoms with van der Waals surface area (Å²) in [6.45, 7) is 29.5. The molecule has 4 heteroatoms. The summed E-state index contributed by atoms with van der Waals surface area (Å²) in [5, 5.41) is 9.03. The average Bonchev–Trinajstić information content (AvgIpc) is 3.47. The summed E-state index contributed by atoms with van der Waals surface area (Å²) < 4.78 is 2.81. The normalized spacial score (nSPS) is 23.7. The Morgan fingerprint density at radius 1 is 0.840 bits per heavy atom. The zero-order valence-corrected chi connectivity index (χ0v) is 34.0. The van der Waals surface area contributed by atoms with E-state index in [1.807, 2.05) is 11.3 Å². The summed E-state index contributed by atoms with van der Waals surface area (Å²) in [7, 11) is 0. The monoisotopic (exact) mass is 686 g/mol. The predicted molar refractivity (Wildman–Crippen MR) is 223 cm³/mol. The van der Waals surface area contributed by atoms with Crippen molar-refractivity contribution in [2.45, 2.75) is 125 Å². The van der Waals surface area contributed by atoms with Gasteiger partial charge in [0.2, 0.25) is 6.71 Å². The van der Waals surface area contributed by atoms with Crippen molar-refractivity contribution in [2.75, 3.05) is 11.9 Å². The zero-order chi connectivity index (χ0) is 36.3. The molecule has 50 heavy (non-hydrogen) atoms. The maximum Gasteiger partial charge on any atom is 0.245 e. The van der Waals surface area contributed by atoms with Crippen molar-refractivity contribution in [3.63, 3.8) is 0 Å².